The molecule has 3 saturated heterocycles. The van der Waals surface area contributed by atoms with Gasteiger partial charge in [-0.3, -0.25) is 19.7 Å². The SMILES string of the molecule is O=C(OCc1ccccc1)N1C(=O)N(C(=O)OCc2ccccc2)C2(CC(OCc3ccccc3)C2)C1=O.O=C(OCc1ccccc1)N1C(=O)N(C(=O)OCc2ccccc2)C2(CC(OCc3ccccc3)C2)C1=O.O=C1NC(=O)C2(CC(OCc3ccccc3)C2)N1. The summed E-state index contributed by atoms with van der Waals surface area (Å²) in [5, 5.41) is 4.92. The van der Waals surface area contributed by atoms with Crippen LogP contribution in [0.25, 0.3) is 0 Å². The van der Waals surface area contributed by atoms with E-state index in [9.17, 15) is 47.9 Å². The maximum atomic E-state index is 13.5. The lowest BCUT2D eigenvalue weighted by atomic mass is 9.73. The molecule has 3 aliphatic carbocycles. The van der Waals surface area contributed by atoms with Crippen LogP contribution in [0, 0.1) is 0 Å². The lowest BCUT2D eigenvalue weighted by molar-refractivity contribution is -0.147. The van der Waals surface area contributed by atoms with Gasteiger partial charge in [-0.15, -0.1) is 0 Å². The number of benzene rings is 7. The zero-order chi connectivity index (χ0) is 65.7. The van der Waals surface area contributed by atoms with Crippen molar-refractivity contribution in [2.24, 2.45) is 0 Å². The molecule has 3 heterocycles. The van der Waals surface area contributed by atoms with Crippen LogP contribution in [0.15, 0.2) is 212 Å². The molecule has 2 N–H and O–H groups in total. The Bertz CT molecular complexity index is 3650. The van der Waals surface area contributed by atoms with E-state index in [0.29, 0.717) is 64.7 Å². The van der Waals surface area contributed by atoms with Gasteiger partial charge >= 0.3 is 42.5 Å². The molecule has 6 fully saturated rings. The monoisotopic (exact) mass is 1270 g/mol. The molecule has 23 nitrogen and oxygen atoms in total. The van der Waals surface area contributed by atoms with Crippen LogP contribution in [0.3, 0.4) is 0 Å². The lowest BCUT2D eigenvalue weighted by Gasteiger charge is -2.45. The normalized spacial score (nSPS) is 22.2. The minimum atomic E-state index is -1.57. The third-order valence-corrected chi connectivity index (χ3v) is 16.8. The van der Waals surface area contributed by atoms with Crippen molar-refractivity contribution < 1.29 is 81.1 Å². The number of nitrogens with zero attached hydrogens (tertiary/aromatic N) is 4. The van der Waals surface area contributed by atoms with Crippen LogP contribution >= 0.6 is 0 Å². The fraction of sp³-hybridized carbons (Fsp3) is 0.268. The van der Waals surface area contributed by atoms with Gasteiger partial charge in [0, 0.05) is 38.5 Å². The van der Waals surface area contributed by atoms with Gasteiger partial charge in [0.2, 0.25) is 0 Å². The highest BCUT2D eigenvalue weighted by Crippen LogP contribution is 2.48. The van der Waals surface area contributed by atoms with Gasteiger partial charge < -0.3 is 38.5 Å². The first-order valence-electron chi connectivity index (χ1n) is 30.4. The quantitative estimate of drug-likeness (QED) is 0.0633. The molecule has 0 bridgehead atoms. The topological polar surface area (TPSA) is 272 Å². The number of hydrogen-bond acceptors (Lipinski definition) is 17. The van der Waals surface area contributed by atoms with E-state index in [0.717, 1.165) is 26.5 Å². The molecular formula is C71H66N6O17. The Balaban J connectivity index is 0.000000153. The standard InChI is InChI=1S/2C29H26N2O7.C13H14N2O3/c2*32-25-29(16-24(17-29)36-18-21-10-4-1-5-11-21)31(28(35)38-20-23-14-8-3-9-15-23)26(33)30(25)27(34)37-19-22-12-6-2-7-13-22;16-11-13(15-12(17)14-11)6-10(7-13)18-8-9-4-2-1-3-5-9/h2*1-15,24H,16-20H2;1-5,10H,6-8H2,(H2,14,15,16,17). The molecule has 0 atom stereocenters. The van der Waals surface area contributed by atoms with Crippen molar-refractivity contribution >= 4 is 60.2 Å². The van der Waals surface area contributed by atoms with Crippen molar-refractivity contribution in [1.29, 1.82) is 0 Å². The summed E-state index contributed by atoms with van der Waals surface area (Å²) in [6, 6.07) is 61.9. The number of amides is 13. The van der Waals surface area contributed by atoms with Crippen LogP contribution in [0.2, 0.25) is 0 Å². The van der Waals surface area contributed by atoms with E-state index in [1.54, 1.807) is 97.1 Å². The van der Waals surface area contributed by atoms with Crippen LogP contribution in [-0.4, -0.2) is 115 Å². The third kappa shape index (κ3) is 14.6. The van der Waals surface area contributed by atoms with Crippen LogP contribution in [0.4, 0.5) is 33.6 Å². The summed E-state index contributed by atoms with van der Waals surface area (Å²) in [4.78, 5) is 130. The van der Waals surface area contributed by atoms with Gasteiger partial charge in [-0.25, -0.2) is 43.4 Å². The van der Waals surface area contributed by atoms with Crippen molar-refractivity contribution in [1.82, 2.24) is 30.2 Å². The van der Waals surface area contributed by atoms with Gasteiger partial charge in [-0.1, -0.05) is 212 Å². The first-order valence-corrected chi connectivity index (χ1v) is 30.4. The van der Waals surface area contributed by atoms with Gasteiger partial charge in [0.1, 0.15) is 43.0 Å². The number of ether oxygens (including phenoxy) is 7. The summed E-state index contributed by atoms with van der Waals surface area (Å²) >= 11 is 0. The highest BCUT2D eigenvalue weighted by atomic mass is 16.6. The van der Waals surface area contributed by atoms with E-state index < -0.39 is 83.1 Å². The molecule has 94 heavy (non-hydrogen) atoms. The van der Waals surface area contributed by atoms with Gasteiger partial charge in [-0.2, -0.15) is 9.80 Å². The number of urea groups is 3. The zero-order valence-electron chi connectivity index (χ0n) is 50.9. The van der Waals surface area contributed by atoms with Gasteiger partial charge in [0.15, 0.2) is 0 Å². The third-order valence-electron chi connectivity index (χ3n) is 16.8. The van der Waals surface area contributed by atoms with Crippen molar-refractivity contribution in [3.8, 4) is 0 Å². The summed E-state index contributed by atoms with van der Waals surface area (Å²) in [5.74, 6) is -1.87. The minimum absolute atomic E-state index is 0.0364. The second-order valence-corrected chi connectivity index (χ2v) is 23.2. The predicted octanol–water partition coefficient (Wildman–Crippen LogP) is 11.0. The van der Waals surface area contributed by atoms with E-state index in [1.165, 1.54) is 0 Å². The van der Waals surface area contributed by atoms with Crippen molar-refractivity contribution in [3.63, 3.8) is 0 Å². The predicted molar refractivity (Wildman–Crippen MR) is 332 cm³/mol. The van der Waals surface area contributed by atoms with Crippen LogP contribution in [0.1, 0.15) is 77.5 Å². The molecule has 3 saturated carbocycles. The molecule has 7 aromatic carbocycles. The van der Waals surface area contributed by atoms with Crippen LogP contribution in [-0.2, 0) is 93.8 Å². The number of carbonyl (C=O) groups excluding carboxylic acids is 10. The number of hydrogen-bond donors (Lipinski definition) is 2. The Morgan fingerprint density at radius 1 is 0.340 bits per heavy atom. The van der Waals surface area contributed by atoms with E-state index >= 15 is 0 Å². The molecule has 13 amide bonds. The summed E-state index contributed by atoms with van der Waals surface area (Å²) in [7, 11) is 0. The average molecular weight is 1280 g/mol. The molecule has 7 aromatic rings. The Morgan fingerprint density at radius 3 is 0.840 bits per heavy atom. The molecule has 0 radical (unpaired) electrons. The number of imide groups is 9. The summed E-state index contributed by atoms with van der Waals surface area (Å²) in [5.41, 5.74) is 1.96. The van der Waals surface area contributed by atoms with Gasteiger partial charge in [-0.05, 0) is 38.9 Å². The molecule has 3 spiro atoms. The molecular weight excluding hydrogens is 1210 g/mol. The fourth-order valence-electron chi connectivity index (χ4n) is 11.7. The Morgan fingerprint density at radius 2 is 0.585 bits per heavy atom. The van der Waals surface area contributed by atoms with Crippen molar-refractivity contribution in [2.45, 2.75) is 120 Å². The smallest absolute Gasteiger partial charge is 0.425 e. The largest absolute Gasteiger partial charge is 0.444 e. The van der Waals surface area contributed by atoms with Crippen LogP contribution in [0.5, 0.6) is 0 Å². The van der Waals surface area contributed by atoms with Gasteiger partial charge in [0.05, 0.1) is 38.1 Å². The Kier molecular flexibility index (Phi) is 20.1. The Labute approximate surface area is 540 Å². The fourth-order valence-corrected chi connectivity index (χ4v) is 11.7. The summed E-state index contributed by atoms with van der Waals surface area (Å²) in [6.07, 6.45) is -3.75. The second-order valence-electron chi connectivity index (χ2n) is 23.2. The second kappa shape index (κ2) is 29.2. The highest BCUT2D eigenvalue weighted by Gasteiger charge is 2.70. The first-order chi connectivity index (χ1) is 45.6. The Hall–Kier alpha value is -10.9. The molecule has 0 aromatic heterocycles. The maximum absolute atomic E-state index is 13.5. The van der Waals surface area contributed by atoms with Crippen molar-refractivity contribution in [3.05, 3.63) is 251 Å². The first kappa shape index (κ1) is 64.6. The molecule has 0 unspecified atom stereocenters. The van der Waals surface area contributed by atoms with Gasteiger partial charge in [0.25, 0.3) is 17.7 Å². The molecule has 13 rings (SSSR count). The van der Waals surface area contributed by atoms with E-state index in [2.05, 4.69) is 10.6 Å². The minimum Gasteiger partial charge on any atom is -0.444 e. The van der Waals surface area contributed by atoms with E-state index in [1.807, 2.05) is 115 Å². The summed E-state index contributed by atoms with van der Waals surface area (Å²) in [6.45, 7) is 0.698. The number of rotatable bonds is 17. The molecule has 482 valence electrons. The number of carbonyl (C=O) groups is 10. The van der Waals surface area contributed by atoms with E-state index in [4.69, 9.17) is 33.2 Å². The maximum Gasteiger partial charge on any atom is 0.425 e. The lowest BCUT2D eigenvalue weighted by Crippen LogP contribution is -2.63. The molecule has 23 heteroatoms. The zero-order valence-corrected chi connectivity index (χ0v) is 50.9. The average Bonchev–Trinajstić information content (AvgIpc) is 1.55. The van der Waals surface area contributed by atoms with Crippen molar-refractivity contribution in [2.75, 3.05) is 0 Å². The highest BCUT2D eigenvalue weighted by molar-refractivity contribution is 6.22. The summed E-state index contributed by atoms with van der Waals surface area (Å²) < 4.78 is 38.8. The molecule has 6 aliphatic rings. The van der Waals surface area contributed by atoms with E-state index in [-0.39, 0.29) is 64.1 Å². The number of nitrogens with one attached hydrogen (secondary N) is 2. The van der Waals surface area contributed by atoms with Crippen LogP contribution < -0.4 is 10.6 Å². The molecule has 3 aliphatic heterocycles.